The highest BCUT2D eigenvalue weighted by Gasteiger charge is 2.20. The standard InChI is InChI=1S/C18H20N2O3/c1-13(16-10-12-23-19-16)20(4)17(21)15-7-5-14(6-8-15)9-11-18(2,3)22/h5-8,10,12-13,22H,1-4H3. The van der Waals surface area contributed by atoms with E-state index in [9.17, 15) is 9.90 Å². The lowest BCUT2D eigenvalue weighted by Crippen LogP contribution is -2.29. The molecule has 1 atom stereocenters. The molecule has 1 N–H and O–H groups in total. The van der Waals surface area contributed by atoms with Gasteiger partial charge in [0, 0.05) is 24.2 Å². The minimum Gasteiger partial charge on any atom is -0.378 e. The van der Waals surface area contributed by atoms with Crippen molar-refractivity contribution < 1.29 is 14.4 Å². The molecule has 0 aliphatic carbocycles. The largest absolute Gasteiger partial charge is 0.378 e. The van der Waals surface area contributed by atoms with Crippen LogP contribution in [-0.2, 0) is 0 Å². The first kappa shape index (κ1) is 16.8. The van der Waals surface area contributed by atoms with Crippen molar-refractivity contribution in [3.05, 3.63) is 53.4 Å². The average molecular weight is 312 g/mol. The molecule has 2 aromatic rings. The minimum absolute atomic E-state index is 0.109. The van der Waals surface area contributed by atoms with E-state index in [0.717, 1.165) is 5.56 Å². The van der Waals surface area contributed by atoms with Gasteiger partial charge in [-0.05, 0) is 45.0 Å². The van der Waals surface area contributed by atoms with E-state index in [4.69, 9.17) is 4.52 Å². The zero-order valence-electron chi connectivity index (χ0n) is 13.7. The lowest BCUT2D eigenvalue weighted by atomic mass is 10.1. The normalized spacial score (nSPS) is 12.2. The van der Waals surface area contributed by atoms with Crippen LogP contribution in [-0.4, -0.2) is 33.7 Å². The smallest absolute Gasteiger partial charge is 0.254 e. The molecule has 1 unspecified atom stereocenters. The molecular formula is C18H20N2O3. The summed E-state index contributed by atoms with van der Waals surface area (Å²) in [7, 11) is 1.73. The van der Waals surface area contributed by atoms with Crippen LogP contribution in [0.5, 0.6) is 0 Å². The zero-order valence-corrected chi connectivity index (χ0v) is 13.7. The molecule has 0 bridgehead atoms. The average Bonchev–Trinajstić information content (AvgIpc) is 3.05. The Morgan fingerprint density at radius 3 is 2.48 bits per heavy atom. The van der Waals surface area contributed by atoms with Crippen LogP contribution < -0.4 is 0 Å². The fraction of sp³-hybridized carbons (Fsp3) is 0.333. The van der Waals surface area contributed by atoms with E-state index >= 15 is 0 Å². The molecule has 0 aliphatic heterocycles. The quantitative estimate of drug-likeness (QED) is 0.885. The number of aromatic nitrogens is 1. The van der Waals surface area contributed by atoms with Gasteiger partial charge in [0.25, 0.3) is 5.91 Å². The number of amides is 1. The third kappa shape index (κ3) is 4.44. The summed E-state index contributed by atoms with van der Waals surface area (Å²) >= 11 is 0. The van der Waals surface area contributed by atoms with Crippen molar-refractivity contribution in [1.29, 1.82) is 0 Å². The van der Waals surface area contributed by atoms with Gasteiger partial charge in [0.1, 0.15) is 17.6 Å². The van der Waals surface area contributed by atoms with E-state index in [0.29, 0.717) is 11.3 Å². The van der Waals surface area contributed by atoms with Crippen molar-refractivity contribution >= 4 is 5.91 Å². The lowest BCUT2D eigenvalue weighted by Gasteiger charge is -2.23. The van der Waals surface area contributed by atoms with E-state index in [1.54, 1.807) is 56.1 Å². The molecule has 120 valence electrons. The molecule has 5 heteroatoms. The van der Waals surface area contributed by atoms with Gasteiger partial charge in [0.05, 0.1) is 6.04 Å². The van der Waals surface area contributed by atoms with Gasteiger partial charge in [-0.15, -0.1) is 0 Å². The van der Waals surface area contributed by atoms with Crippen molar-refractivity contribution in [2.75, 3.05) is 7.05 Å². The molecule has 0 radical (unpaired) electrons. The van der Waals surface area contributed by atoms with Gasteiger partial charge < -0.3 is 14.5 Å². The maximum atomic E-state index is 12.5. The van der Waals surface area contributed by atoms with Crippen LogP contribution >= 0.6 is 0 Å². The van der Waals surface area contributed by atoms with E-state index in [1.165, 1.54) is 6.26 Å². The number of nitrogens with zero attached hydrogens (tertiary/aromatic N) is 2. The summed E-state index contributed by atoms with van der Waals surface area (Å²) in [5.74, 6) is 5.51. The third-order valence-electron chi connectivity index (χ3n) is 3.43. The van der Waals surface area contributed by atoms with Crippen molar-refractivity contribution in [3.8, 4) is 11.8 Å². The Bertz CT molecular complexity index is 716. The lowest BCUT2D eigenvalue weighted by molar-refractivity contribution is 0.0737. The second kappa shape index (κ2) is 6.67. The number of benzene rings is 1. The summed E-state index contributed by atoms with van der Waals surface area (Å²) in [4.78, 5) is 14.1. The number of rotatable bonds is 3. The maximum Gasteiger partial charge on any atom is 0.254 e. The van der Waals surface area contributed by atoms with E-state index < -0.39 is 5.60 Å². The van der Waals surface area contributed by atoms with Gasteiger partial charge >= 0.3 is 0 Å². The number of carbonyl (C=O) groups excluding carboxylic acids is 1. The van der Waals surface area contributed by atoms with Gasteiger partial charge in [-0.25, -0.2) is 0 Å². The minimum atomic E-state index is -1.04. The zero-order chi connectivity index (χ0) is 17.0. The summed E-state index contributed by atoms with van der Waals surface area (Å²) in [5, 5.41) is 13.5. The molecule has 0 fully saturated rings. The maximum absolute atomic E-state index is 12.5. The Balaban J connectivity index is 2.12. The predicted octanol–water partition coefficient (Wildman–Crippen LogP) is 2.63. The first-order valence-corrected chi connectivity index (χ1v) is 7.31. The van der Waals surface area contributed by atoms with E-state index in [1.807, 2.05) is 6.92 Å². The van der Waals surface area contributed by atoms with Gasteiger partial charge in [0.15, 0.2) is 0 Å². The molecule has 1 aromatic heterocycles. The summed E-state index contributed by atoms with van der Waals surface area (Å²) in [6.45, 7) is 5.13. The molecule has 0 spiro atoms. The van der Waals surface area contributed by atoms with Gasteiger partial charge in [-0.3, -0.25) is 4.79 Å². The summed E-state index contributed by atoms with van der Waals surface area (Å²) in [5.41, 5.74) is 0.975. The number of hydrogen-bond acceptors (Lipinski definition) is 4. The number of aliphatic hydroxyl groups is 1. The summed E-state index contributed by atoms with van der Waals surface area (Å²) < 4.78 is 4.82. The molecule has 5 nitrogen and oxygen atoms in total. The molecule has 2 rings (SSSR count). The first-order chi connectivity index (χ1) is 10.8. The highest BCUT2D eigenvalue weighted by molar-refractivity contribution is 5.94. The fourth-order valence-electron chi connectivity index (χ4n) is 1.94. The highest BCUT2D eigenvalue weighted by atomic mass is 16.5. The van der Waals surface area contributed by atoms with Gasteiger partial charge in [-0.1, -0.05) is 17.0 Å². The van der Waals surface area contributed by atoms with Crippen LogP contribution in [0.3, 0.4) is 0 Å². The van der Waals surface area contributed by atoms with Crippen LogP contribution in [0.2, 0.25) is 0 Å². The Morgan fingerprint density at radius 1 is 1.30 bits per heavy atom. The fourth-order valence-corrected chi connectivity index (χ4v) is 1.94. The van der Waals surface area contributed by atoms with E-state index in [-0.39, 0.29) is 11.9 Å². The van der Waals surface area contributed by atoms with Crippen LogP contribution in [0.15, 0.2) is 41.1 Å². The van der Waals surface area contributed by atoms with E-state index in [2.05, 4.69) is 17.0 Å². The number of carbonyl (C=O) groups is 1. The first-order valence-electron chi connectivity index (χ1n) is 7.31. The van der Waals surface area contributed by atoms with Crippen molar-refractivity contribution in [2.45, 2.75) is 32.4 Å². The molecule has 1 heterocycles. The van der Waals surface area contributed by atoms with Crippen molar-refractivity contribution in [2.24, 2.45) is 0 Å². The van der Waals surface area contributed by atoms with Crippen LogP contribution in [0.1, 0.15) is 48.4 Å². The van der Waals surface area contributed by atoms with Crippen LogP contribution in [0.25, 0.3) is 0 Å². The molecule has 1 amide bonds. The molecule has 0 saturated carbocycles. The Hall–Kier alpha value is -2.58. The molecule has 0 saturated heterocycles. The van der Waals surface area contributed by atoms with Crippen LogP contribution in [0, 0.1) is 11.8 Å². The SMILES string of the molecule is CC(c1ccon1)N(C)C(=O)c1ccc(C#CC(C)(C)O)cc1. The highest BCUT2D eigenvalue weighted by Crippen LogP contribution is 2.19. The van der Waals surface area contributed by atoms with Crippen molar-refractivity contribution in [3.63, 3.8) is 0 Å². The van der Waals surface area contributed by atoms with Gasteiger partial charge in [-0.2, -0.15) is 0 Å². The molecular weight excluding hydrogens is 292 g/mol. The summed E-state index contributed by atoms with van der Waals surface area (Å²) in [6.07, 6.45) is 1.49. The topological polar surface area (TPSA) is 66.6 Å². The van der Waals surface area contributed by atoms with Crippen molar-refractivity contribution in [1.82, 2.24) is 10.1 Å². The molecule has 23 heavy (non-hydrogen) atoms. The Labute approximate surface area is 135 Å². The Morgan fingerprint density at radius 2 is 1.96 bits per heavy atom. The number of hydrogen-bond donors (Lipinski definition) is 1. The Kier molecular flexibility index (Phi) is 4.87. The third-order valence-corrected chi connectivity index (χ3v) is 3.43. The second-order valence-corrected chi connectivity index (χ2v) is 5.90. The second-order valence-electron chi connectivity index (χ2n) is 5.90. The van der Waals surface area contributed by atoms with Crippen LogP contribution in [0.4, 0.5) is 0 Å². The summed E-state index contributed by atoms with van der Waals surface area (Å²) in [6, 6.07) is 8.53. The van der Waals surface area contributed by atoms with Gasteiger partial charge in [0.2, 0.25) is 0 Å². The monoisotopic (exact) mass is 312 g/mol. The predicted molar refractivity (Wildman–Crippen MR) is 86.6 cm³/mol. The molecule has 1 aromatic carbocycles. The molecule has 0 aliphatic rings.